The summed E-state index contributed by atoms with van der Waals surface area (Å²) >= 11 is 0. The Labute approximate surface area is 70.9 Å². The molecule has 0 fully saturated rings. The number of hydrogen-bond acceptors (Lipinski definition) is 3. The Bertz CT molecular complexity index is 170. The number of aliphatic carboxylic acids is 1. The fraction of sp³-hybridized carbons (Fsp3) is 0.714. The monoisotopic (exact) mass is 174 g/mol. The first-order valence-corrected chi connectivity index (χ1v) is 3.77. The van der Waals surface area contributed by atoms with Crippen molar-refractivity contribution in [2.24, 2.45) is 5.73 Å². The molecule has 0 spiro atoms. The molecule has 0 heterocycles. The average molecular weight is 174 g/mol. The van der Waals surface area contributed by atoms with E-state index in [1.54, 1.807) is 6.92 Å². The van der Waals surface area contributed by atoms with Crippen molar-refractivity contribution in [3.05, 3.63) is 0 Å². The van der Waals surface area contributed by atoms with Gasteiger partial charge in [0.25, 0.3) is 0 Å². The van der Waals surface area contributed by atoms with E-state index in [1.807, 2.05) is 0 Å². The molecule has 0 rings (SSSR count). The van der Waals surface area contributed by atoms with Crippen LogP contribution in [0.25, 0.3) is 0 Å². The smallest absolute Gasteiger partial charge is 0.303 e. The normalized spacial score (nSPS) is 12.2. The third-order valence-electron chi connectivity index (χ3n) is 1.38. The molecule has 70 valence electrons. The number of hydrogen-bond donors (Lipinski definition) is 3. The second kappa shape index (κ2) is 5.54. The van der Waals surface area contributed by atoms with Gasteiger partial charge in [-0.05, 0) is 13.3 Å². The maximum atomic E-state index is 10.7. The lowest BCUT2D eigenvalue weighted by molar-refractivity contribution is -0.137. The van der Waals surface area contributed by atoms with Gasteiger partial charge in [-0.15, -0.1) is 0 Å². The van der Waals surface area contributed by atoms with E-state index in [1.165, 1.54) is 0 Å². The first kappa shape index (κ1) is 10.9. The number of rotatable bonds is 5. The molecule has 0 aromatic carbocycles. The molecule has 5 heteroatoms. The molecule has 0 aliphatic heterocycles. The molecule has 1 unspecified atom stereocenters. The molecule has 0 aliphatic carbocycles. The van der Waals surface area contributed by atoms with Crippen LogP contribution in [0.1, 0.15) is 19.8 Å². The van der Waals surface area contributed by atoms with E-state index in [0.29, 0.717) is 6.42 Å². The van der Waals surface area contributed by atoms with Crippen molar-refractivity contribution >= 4 is 11.9 Å². The SMILES string of the molecule is CC(CCC(=O)O)NC(=O)CN. The van der Waals surface area contributed by atoms with E-state index in [-0.39, 0.29) is 24.9 Å². The van der Waals surface area contributed by atoms with Gasteiger partial charge in [0.05, 0.1) is 6.54 Å². The zero-order chi connectivity index (χ0) is 9.56. The van der Waals surface area contributed by atoms with Gasteiger partial charge < -0.3 is 16.2 Å². The number of nitrogens with one attached hydrogen (secondary N) is 1. The highest BCUT2D eigenvalue weighted by Crippen LogP contribution is 1.95. The average Bonchev–Trinajstić information content (AvgIpc) is 2.00. The zero-order valence-electron chi connectivity index (χ0n) is 7.04. The first-order chi connectivity index (χ1) is 5.56. The minimum absolute atomic E-state index is 0.0581. The van der Waals surface area contributed by atoms with Crippen LogP contribution in [0.3, 0.4) is 0 Å². The van der Waals surface area contributed by atoms with Crippen LogP contribution < -0.4 is 11.1 Å². The molecular weight excluding hydrogens is 160 g/mol. The van der Waals surface area contributed by atoms with Crippen LogP contribution >= 0.6 is 0 Å². The number of carboxylic acid groups (broad SMARTS) is 1. The summed E-state index contributed by atoms with van der Waals surface area (Å²) in [6.45, 7) is 1.69. The molecule has 0 saturated carbocycles. The Morgan fingerprint density at radius 1 is 1.58 bits per heavy atom. The third kappa shape index (κ3) is 5.67. The van der Waals surface area contributed by atoms with Crippen LogP contribution in [0, 0.1) is 0 Å². The second-order valence-corrected chi connectivity index (χ2v) is 2.61. The van der Waals surface area contributed by atoms with Crippen molar-refractivity contribution in [3.63, 3.8) is 0 Å². The standard InChI is InChI=1S/C7H14N2O3/c1-5(2-3-7(11)12)9-6(10)4-8/h5H,2-4,8H2,1H3,(H,9,10)(H,11,12). The fourth-order valence-electron chi connectivity index (χ4n) is 0.746. The van der Waals surface area contributed by atoms with Crippen LogP contribution in [0.4, 0.5) is 0 Å². The van der Waals surface area contributed by atoms with Gasteiger partial charge in [0.2, 0.25) is 5.91 Å². The van der Waals surface area contributed by atoms with Crippen LogP contribution in [-0.2, 0) is 9.59 Å². The van der Waals surface area contributed by atoms with Crippen LogP contribution in [0.5, 0.6) is 0 Å². The van der Waals surface area contributed by atoms with Crippen molar-refractivity contribution in [2.75, 3.05) is 6.54 Å². The van der Waals surface area contributed by atoms with Crippen LogP contribution in [0.15, 0.2) is 0 Å². The van der Waals surface area contributed by atoms with E-state index in [0.717, 1.165) is 0 Å². The summed E-state index contributed by atoms with van der Waals surface area (Å²) in [5.41, 5.74) is 5.05. The molecule has 0 radical (unpaired) electrons. The lowest BCUT2D eigenvalue weighted by Gasteiger charge is -2.10. The summed E-state index contributed by atoms with van der Waals surface area (Å²) in [5, 5.41) is 10.9. The maximum absolute atomic E-state index is 10.7. The van der Waals surface area contributed by atoms with E-state index in [4.69, 9.17) is 10.8 Å². The van der Waals surface area contributed by atoms with E-state index in [9.17, 15) is 9.59 Å². The van der Waals surface area contributed by atoms with E-state index >= 15 is 0 Å². The van der Waals surface area contributed by atoms with Crippen LogP contribution in [-0.4, -0.2) is 29.6 Å². The molecule has 1 amide bonds. The summed E-state index contributed by atoms with van der Waals surface area (Å²) < 4.78 is 0. The van der Waals surface area contributed by atoms with Crippen molar-refractivity contribution in [1.82, 2.24) is 5.32 Å². The van der Waals surface area contributed by atoms with Gasteiger partial charge in [0, 0.05) is 12.5 Å². The lowest BCUT2D eigenvalue weighted by atomic mass is 10.2. The lowest BCUT2D eigenvalue weighted by Crippen LogP contribution is -2.37. The maximum Gasteiger partial charge on any atom is 0.303 e. The molecule has 0 bridgehead atoms. The molecule has 4 N–H and O–H groups in total. The Kier molecular flexibility index (Phi) is 5.03. The zero-order valence-corrected chi connectivity index (χ0v) is 7.04. The minimum Gasteiger partial charge on any atom is -0.481 e. The van der Waals surface area contributed by atoms with E-state index < -0.39 is 5.97 Å². The molecule has 1 atom stereocenters. The number of carbonyl (C=O) groups is 2. The first-order valence-electron chi connectivity index (χ1n) is 3.77. The predicted molar refractivity (Wildman–Crippen MR) is 43.5 cm³/mol. The number of amides is 1. The molecule has 12 heavy (non-hydrogen) atoms. The predicted octanol–water partition coefficient (Wildman–Crippen LogP) is -0.685. The van der Waals surface area contributed by atoms with Crippen molar-refractivity contribution in [1.29, 1.82) is 0 Å². The third-order valence-corrected chi connectivity index (χ3v) is 1.38. The fourth-order valence-corrected chi connectivity index (χ4v) is 0.746. The summed E-state index contributed by atoms with van der Waals surface area (Å²) in [4.78, 5) is 20.8. The van der Waals surface area contributed by atoms with Gasteiger partial charge >= 0.3 is 5.97 Å². The van der Waals surface area contributed by atoms with Crippen molar-refractivity contribution in [3.8, 4) is 0 Å². The molecule has 0 saturated heterocycles. The van der Waals surface area contributed by atoms with Gasteiger partial charge in [-0.2, -0.15) is 0 Å². The minimum atomic E-state index is -0.858. The molecule has 0 aliphatic rings. The second-order valence-electron chi connectivity index (χ2n) is 2.61. The summed E-state index contributed by atoms with van der Waals surface area (Å²) in [6, 6.07) is -0.128. The molecule has 5 nitrogen and oxygen atoms in total. The van der Waals surface area contributed by atoms with Gasteiger partial charge in [-0.3, -0.25) is 9.59 Å². The summed E-state index contributed by atoms with van der Waals surface area (Å²) in [5.74, 6) is -1.11. The van der Waals surface area contributed by atoms with Gasteiger partial charge in [0.15, 0.2) is 0 Å². The van der Waals surface area contributed by atoms with Crippen molar-refractivity contribution < 1.29 is 14.7 Å². The van der Waals surface area contributed by atoms with Gasteiger partial charge in [0.1, 0.15) is 0 Å². The molecular formula is C7H14N2O3. The van der Waals surface area contributed by atoms with Crippen molar-refractivity contribution in [2.45, 2.75) is 25.8 Å². The molecule has 0 aromatic heterocycles. The highest BCUT2D eigenvalue weighted by Gasteiger charge is 2.06. The topological polar surface area (TPSA) is 92.4 Å². The Balaban J connectivity index is 3.52. The summed E-state index contributed by atoms with van der Waals surface area (Å²) in [7, 11) is 0. The van der Waals surface area contributed by atoms with Gasteiger partial charge in [-0.1, -0.05) is 0 Å². The van der Waals surface area contributed by atoms with Gasteiger partial charge in [-0.25, -0.2) is 0 Å². The number of nitrogens with two attached hydrogens (primary N) is 1. The largest absolute Gasteiger partial charge is 0.481 e. The van der Waals surface area contributed by atoms with E-state index in [2.05, 4.69) is 5.32 Å². The Morgan fingerprint density at radius 3 is 2.58 bits per heavy atom. The van der Waals surface area contributed by atoms with Crippen LogP contribution in [0.2, 0.25) is 0 Å². The highest BCUT2D eigenvalue weighted by molar-refractivity contribution is 5.78. The number of carbonyl (C=O) groups excluding carboxylic acids is 1. The molecule has 0 aromatic rings. The quantitative estimate of drug-likeness (QED) is 0.514. The summed E-state index contributed by atoms with van der Waals surface area (Å²) in [6.07, 6.45) is 0.493. The Morgan fingerprint density at radius 2 is 2.17 bits per heavy atom. The Hall–Kier alpha value is -1.10. The highest BCUT2D eigenvalue weighted by atomic mass is 16.4. The number of carboxylic acids is 1.